The summed E-state index contributed by atoms with van der Waals surface area (Å²) in [5.41, 5.74) is 5.79. The molecule has 0 aromatic carbocycles. The number of nitrogens with zero attached hydrogens (tertiary/aromatic N) is 1. The van der Waals surface area contributed by atoms with Gasteiger partial charge in [-0.25, -0.2) is 0 Å². The Morgan fingerprint density at radius 1 is 1.38 bits per heavy atom. The van der Waals surface area contributed by atoms with Crippen LogP contribution in [0.1, 0.15) is 13.8 Å². The Labute approximate surface area is 84.0 Å². The summed E-state index contributed by atoms with van der Waals surface area (Å²) in [5, 5.41) is 0. The van der Waals surface area contributed by atoms with E-state index < -0.39 is 0 Å². The molecule has 1 aliphatic rings. The van der Waals surface area contributed by atoms with Gasteiger partial charge in [-0.05, 0) is 5.92 Å². The lowest BCUT2D eigenvalue weighted by Crippen LogP contribution is -2.49. The summed E-state index contributed by atoms with van der Waals surface area (Å²) in [7, 11) is 0. The first-order chi connectivity index (χ1) is 6.13. The molecule has 0 aromatic heterocycles. The van der Waals surface area contributed by atoms with Gasteiger partial charge in [0.25, 0.3) is 0 Å². The van der Waals surface area contributed by atoms with E-state index >= 15 is 0 Å². The van der Waals surface area contributed by atoms with Crippen molar-refractivity contribution in [2.24, 2.45) is 11.7 Å². The van der Waals surface area contributed by atoms with E-state index in [1.54, 1.807) is 0 Å². The molecule has 0 aromatic rings. The summed E-state index contributed by atoms with van der Waals surface area (Å²) in [6, 6.07) is -0.317. The normalized spacial score (nSPS) is 20.5. The van der Waals surface area contributed by atoms with Crippen molar-refractivity contribution < 1.29 is 4.79 Å². The lowest BCUT2D eigenvalue weighted by atomic mass is 10.0. The second-order valence-electron chi connectivity index (χ2n) is 3.71. The van der Waals surface area contributed by atoms with E-state index in [1.807, 2.05) is 30.5 Å². The molecule has 1 amide bonds. The number of amides is 1. The van der Waals surface area contributed by atoms with Crippen LogP contribution >= 0.6 is 11.8 Å². The average Bonchev–Trinajstić information content (AvgIpc) is 2.17. The summed E-state index contributed by atoms with van der Waals surface area (Å²) in [6.45, 7) is 5.70. The summed E-state index contributed by atoms with van der Waals surface area (Å²) in [6.07, 6.45) is 0. The molecular formula is C9H18N2OS. The number of hydrogen-bond acceptors (Lipinski definition) is 3. The number of hydrogen-bond donors (Lipinski definition) is 1. The van der Waals surface area contributed by atoms with Gasteiger partial charge in [-0.3, -0.25) is 4.79 Å². The molecule has 1 heterocycles. The summed E-state index contributed by atoms with van der Waals surface area (Å²) < 4.78 is 0. The predicted molar refractivity (Wildman–Crippen MR) is 56.7 cm³/mol. The minimum atomic E-state index is -0.317. The van der Waals surface area contributed by atoms with Crippen LogP contribution in [0.2, 0.25) is 0 Å². The third-order valence-corrected chi connectivity index (χ3v) is 3.27. The molecule has 0 saturated carbocycles. The highest BCUT2D eigenvalue weighted by Gasteiger charge is 2.24. The second kappa shape index (κ2) is 4.86. The van der Waals surface area contributed by atoms with Gasteiger partial charge in [0.05, 0.1) is 6.04 Å². The smallest absolute Gasteiger partial charge is 0.239 e. The molecule has 1 atom stereocenters. The third kappa shape index (κ3) is 2.88. The Hall–Kier alpha value is -0.220. The Kier molecular flexibility index (Phi) is 4.06. The van der Waals surface area contributed by atoms with E-state index in [2.05, 4.69) is 0 Å². The van der Waals surface area contributed by atoms with E-state index in [0.717, 1.165) is 24.6 Å². The predicted octanol–water partition coefficient (Wildman–Crippen LogP) is 0.545. The van der Waals surface area contributed by atoms with Crippen LogP contribution in [-0.4, -0.2) is 41.4 Å². The molecule has 0 radical (unpaired) electrons. The Balaban J connectivity index is 2.45. The highest BCUT2D eigenvalue weighted by molar-refractivity contribution is 7.99. The molecule has 1 rings (SSSR count). The van der Waals surface area contributed by atoms with E-state index in [-0.39, 0.29) is 17.9 Å². The fraction of sp³-hybridized carbons (Fsp3) is 0.889. The highest BCUT2D eigenvalue weighted by atomic mass is 32.2. The van der Waals surface area contributed by atoms with Gasteiger partial charge in [-0.2, -0.15) is 11.8 Å². The minimum Gasteiger partial charge on any atom is -0.340 e. The van der Waals surface area contributed by atoms with Gasteiger partial charge in [0.15, 0.2) is 0 Å². The van der Waals surface area contributed by atoms with Crippen molar-refractivity contribution in [3.63, 3.8) is 0 Å². The molecule has 1 aliphatic heterocycles. The fourth-order valence-electron chi connectivity index (χ4n) is 1.28. The maximum absolute atomic E-state index is 11.7. The molecule has 0 bridgehead atoms. The number of thioether (sulfide) groups is 1. The Bertz CT molecular complexity index is 178. The SMILES string of the molecule is CC(C)[C@H](N)C(=O)N1CCSCC1. The first kappa shape index (κ1) is 10.9. The molecule has 4 heteroatoms. The molecule has 0 aliphatic carbocycles. The van der Waals surface area contributed by atoms with Crippen LogP contribution < -0.4 is 5.73 Å². The third-order valence-electron chi connectivity index (χ3n) is 2.33. The largest absolute Gasteiger partial charge is 0.340 e. The van der Waals surface area contributed by atoms with Crippen molar-refractivity contribution in [3.8, 4) is 0 Å². The maximum Gasteiger partial charge on any atom is 0.239 e. The summed E-state index contributed by atoms with van der Waals surface area (Å²) >= 11 is 1.90. The average molecular weight is 202 g/mol. The minimum absolute atomic E-state index is 0.121. The number of carbonyl (C=O) groups excluding carboxylic acids is 1. The first-order valence-electron chi connectivity index (χ1n) is 4.75. The van der Waals surface area contributed by atoms with Crippen molar-refractivity contribution in [1.82, 2.24) is 4.90 Å². The quantitative estimate of drug-likeness (QED) is 0.711. The maximum atomic E-state index is 11.7. The number of rotatable bonds is 2. The van der Waals surface area contributed by atoms with Crippen LogP contribution in [0.5, 0.6) is 0 Å². The topological polar surface area (TPSA) is 46.3 Å². The van der Waals surface area contributed by atoms with Crippen LogP contribution in [0.3, 0.4) is 0 Å². The van der Waals surface area contributed by atoms with Gasteiger partial charge in [0.2, 0.25) is 5.91 Å². The zero-order valence-corrected chi connectivity index (χ0v) is 9.14. The highest BCUT2D eigenvalue weighted by Crippen LogP contribution is 2.11. The molecule has 1 saturated heterocycles. The van der Waals surface area contributed by atoms with Crippen molar-refractivity contribution >= 4 is 17.7 Å². The summed E-state index contributed by atoms with van der Waals surface area (Å²) in [4.78, 5) is 13.6. The van der Waals surface area contributed by atoms with Gasteiger partial charge in [-0.1, -0.05) is 13.8 Å². The molecule has 2 N–H and O–H groups in total. The van der Waals surface area contributed by atoms with Crippen molar-refractivity contribution in [2.75, 3.05) is 24.6 Å². The lowest BCUT2D eigenvalue weighted by molar-refractivity contribution is -0.133. The van der Waals surface area contributed by atoms with Gasteiger partial charge in [0.1, 0.15) is 0 Å². The fourth-order valence-corrected chi connectivity index (χ4v) is 2.18. The van der Waals surface area contributed by atoms with Crippen LogP contribution in [0, 0.1) is 5.92 Å². The second-order valence-corrected chi connectivity index (χ2v) is 4.93. The van der Waals surface area contributed by atoms with E-state index in [4.69, 9.17) is 5.73 Å². The molecule has 0 unspecified atom stereocenters. The van der Waals surface area contributed by atoms with Crippen LogP contribution in [0.4, 0.5) is 0 Å². The van der Waals surface area contributed by atoms with Gasteiger partial charge in [-0.15, -0.1) is 0 Å². The first-order valence-corrected chi connectivity index (χ1v) is 5.90. The van der Waals surface area contributed by atoms with Gasteiger partial charge >= 0.3 is 0 Å². The molecule has 76 valence electrons. The Morgan fingerprint density at radius 3 is 2.38 bits per heavy atom. The standard InChI is InChI=1S/C9H18N2OS/c1-7(2)8(10)9(12)11-3-5-13-6-4-11/h7-8H,3-6,10H2,1-2H3/t8-/m0/s1. The zero-order valence-electron chi connectivity index (χ0n) is 8.32. The molecule has 0 spiro atoms. The molecular weight excluding hydrogens is 184 g/mol. The van der Waals surface area contributed by atoms with Crippen LogP contribution in [0.25, 0.3) is 0 Å². The molecule has 3 nitrogen and oxygen atoms in total. The molecule has 13 heavy (non-hydrogen) atoms. The van der Waals surface area contributed by atoms with Gasteiger partial charge < -0.3 is 10.6 Å². The van der Waals surface area contributed by atoms with E-state index in [9.17, 15) is 4.79 Å². The zero-order chi connectivity index (χ0) is 9.84. The van der Waals surface area contributed by atoms with Crippen LogP contribution in [0.15, 0.2) is 0 Å². The van der Waals surface area contributed by atoms with Crippen molar-refractivity contribution in [3.05, 3.63) is 0 Å². The monoisotopic (exact) mass is 202 g/mol. The van der Waals surface area contributed by atoms with E-state index in [1.165, 1.54) is 0 Å². The van der Waals surface area contributed by atoms with Crippen LogP contribution in [-0.2, 0) is 4.79 Å². The number of carbonyl (C=O) groups is 1. The lowest BCUT2D eigenvalue weighted by Gasteiger charge is -2.29. The molecule has 1 fully saturated rings. The van der Waals surface area contributed by atoms with Gasteiger partial charge in [0, 0.05) is 24.6 Å². The van der Waals surface area contributed by atoms with Crippen molar-refractivity contribution in [1.29, 1.82) is 0 Å². The number of nitrogens with two attached hydrogens (primary N) is 1. The summed E-state index contributed by atoms with van der Waals surface area (Å²) in [5.74, 6) is 2.46. The van der Waals surface area contributed by atoms with Crippen molar-refractivity contribution in [2.45, 2.75) is 19.9 Å². The van der Waals surface area contributed by atoms with E-state index in [0.29, 0.717) is 0 Å². The Morgan fingerprint density at radius 2 is 1.92 bits per heavy atom.